The molecule has 2 aromatic carbocycles. The summed E-state index contributed by atoms with van der Waals surface area (Å²) in [5.41, 5.74) is 8.35. The lowest BCUT2D eigenvalue weighted by Gasteiger charge is -2.06. The summed E-state index contributed by atoms with van der Waals surface area (Å²) in [6.07, 6.45) is 0. The molecule has 0 unspecified atom stereocenters. The van der Waals surface area contributed by atoms with E-state index in [0.717, 1.165) is 21.2 Å². The maximum absolute atomic E-state index is 6.07. The van der Waals surface area contributed by atoms with E-state index in [1.807, 2.05) is 30.3 Å². The van der Waals surface area contributed by atoms with E-state index in [-0.39, 0.29) is 0 Å². The molecule has 0 amide bonds. The van der Waals surface area contributed by atoms with Crippen LogP contribution in [0.15, 0.2) is 51.5 Å². The van der Waals surface area contributed by atoms with Gasteiger partial charge in [-0.05, 0) is 24.3 Å². The maximum atomic E-state index is 6.07. The quantitative estimate of drug-likeness (QED) is 0.621. The summed E-state index contributed by atoms with van der Waals surface area (Å²) in [6.45, 7) is 0. The largest absolute Gasteiger partial charge is 0.380 e. The number of aromatic nitrogens is 1. The average Bonchev–Trinajstić information content (AvgIpc) is 2.84. The van der Waals surface area contributed by atoms with Crippen LogP contribution in [0.4, 0.5) is 5.82 Å². The first-order valence-corrected chi connectivity index (χ1v) is 7.58. The van der Waals surface area contributed by atoms with Gasteiger partial charge in [0.1, 0.15) is 0 Å². The highest BCUT2D eigenvalue weighted by molar-refractivity contribution is 9.10. The number of nitrogens with zero attached hydrogens (tertiary/aromatic N) is 1. The summed E-state index contributed by atoms with van der Waals surface area (Å²) in [7, 11) is 0. The molecule has 1 heterocycles. The molecule has 6 heteroatoms. The van der Waals surface area contributed by atoms with Gasteiger partial charge in [-0.25, -0.2) is 0 Å². The molecule has 0 radical (unpaired) electrons. The van der Waals surface area contributed by atoms with Crippen LogP contribution in [-0.4, -0.2) is 5.16 Å². The zero-order valence-corrected chi connectivity index (χ0v) is 13.7. The SMILES string of the molecule is Nc1noc(-c2ccc(Cl)c(Cl)c2)c1-c1ccccc1Br. The van der Waals surface area contributed by atoms with E-state index in [1.165, 1.54) is 0 Å². The highest BCUT2D eigenvalue weighted by Gasteiger charge is 2.19. The van der Waals surface area contributed by atoms with Gasteiger partial charge < -0.3 is 10.3 Å². The number of hydrogen-bond donors (Lipinski definition) is 1. The molecular weight excluding hydrogens is 375 g/mol. The number of nitrogens with two attached hydrogens (primary N) is 1. The molecule has 0 aliphatic rings. The van der Waals surface area contributed by atoms with Crippen LogP contribution in [-0.2, 0) is 0 Å². The Balaban J connectivity index is 2.22. The zero-order valence-electron chi connectivity index (χ0n) is 10.6. The van der Waals surface area contributed by atoms with Crippen LogP contribution in [0.1, 0.15) is 0 Å². The fourth-order valence-corrected chi connectivity index (χ4v) is 2.84. The van der Waals surface area contributed by atoms with E-state index in [2.05, 4.69) is 21.1 Å². The Labute approximate surface area is 139 Å². The molecule has 3 aromatic rings. The minimum Gasteiger partial charge on any atom is -0.380 e. The summed E-state index contributed by atoms with van der Waals surface area (Å²) in [6, 6.07) is 13.0. The van der Waals surface area contributed by atoms with Crippen LogP contribution in [0, 0.1) is 0 Å². The number of nitrogen functional groups attached to an aromatic ring is 1. The predicted octanol–water partition coefficient (Wildman–Crippen LogP) is 5.66. The second kappa shape index (κ2) is 5.72. The van der Waals surface area contributed by atoms with Gasteiger partial charge in [-0.3, -0.25) is 0 Å². The van der Waals surface area contributed by atoms with E-state index in [0.29, 0.717) is 21.6 Å². The van der Waals surface area contributed by atoms with Crippen LogP contribution in [0.5, 0.6) is 0 Å². The smallest absolute Gasteiger partial charge is 0.177 e. The summed E-state index contributed by atoms with van der Waals surface area (Å²) < 4.78 is 6.29. The normalized spacial score (nSPS) is 10.8. The van der Waals surface area contributed by atoms with Crippen molar-refractivity contribution in [2.75, 3.05) is 5.73 Å². The first-order chi connectivity index (χ1) is 10.1. The monoisotopic (exact) mass is 382 g/mol. The van der Waals surface area contributed by atoms with Crippen LogP contribution in [0.25, 0.3) is 22.5 Å². The summed E-state index contributed by atoms with van der Waals surface area (Å²) >= 11 is 15.5. The van der Waals surface area contributed by atoms with Crippen LogP contribution >= 0.6 is 39.1 Å². The highest BCUT2D eigenvalue weighted by atomic mass is 79.9. The minimum absolute atomic E-state index is 0.322. The van der Waals surface area contributed by atoms with E-state index in [4.69, 9.17) is 33.5 Å². The van der Waals surface area contributed by atoms with Crippen molar-refractivity contribution in [2.45, 2.75) is 0 Å². The van der Waals surface area contributed by atoms with Gasteiger partial charge in [0, 0.05) is 15.6 Å². The zero-order chi connectivity index (χ0) is 15.0. The van der Waals surface area contributed by atoms with E-state index in [1.54, 1.807) is 12.1 Å². The molecule has 0 aliphatic carbocycles. The molecule has 3 rings (SSSR count). The number of benzene rings is 2. The van der Waals surface area contributed by atoms with Gasteiger partial charge in [0.25, 0.3) is 0 Å². The Morgan fingerprint density at radius 3 is 2.52 bits per heavy atom. The summed E-state index contributed by atoms with van der Waals surface area (Å²) in [5, 5.41) is 4.80. The van der Waals surface area contributed by atoms with E-state index < -0.39 is 0 Å². The number of anilines is 1. The van der Waals surface area contributed by atoms with Gasteiger partial charge >= 0.3 is 0 Å². The van der Waals surface area contributed by atoms with E-state index >= 15 is 0 Å². The third-order valence-corrected chi connectivity index (χ3v) is 4.47. The number of halogens is 3. The van der Waals surface area contributed by atoms with Crippen molar-refractivity contribution >= 4 is 44.9 Å². The van der Waals surface area contributed by atoms with Crippen molar-refractivity contribution < 1.29 is 4.52 Å². The lowest BCUT2D eigenvalue weighted by atomic mass is 10.0. The second-order valence-electron chi connectivity index (χ2n) is 4.38. The fourth-order valence-electron chi connectivity index (χ4n) is 2.06. The standard InChI is InChI=1S/C15H9BrCl2N2O/c16-10-4-2-1-3-9(10)13-14(21-20-15(13)19)8-5-6-11(17)12(18)7-8/h1-7H,(H2,19,20). The van der Waals surface area contributed by atoms with Crippen LogP contribution < -0.4 is 5.73 Å². The molecule has 0 atom stereocenters. The average molecular weight is 384 g/mol. The highest BCUT2D eigenvalue weighted by Crippen LogP contribution is 2.41. The molecule has 0 saturated carbocycles. The lowest BCUT2D eigenvalue weighted by Crippen LogP contribution is -1.89. The molecule has 0 aliphatic heterocycles. The molecule has 0 spiro atoms. The van der Waals surface area contributed by atoms with Gasteiger partial charge in [-0.2, -0.15) is 0 Å². The van der Waals surface area contributed by atoms with Gasteiger partial charge in [0.2, 0.25) is 0 Å². The third kappa shape index (κ3) is 2.67. The molecule has 3 nitrogen and oxygen atoms in total. The first-order valence-electron chi connectivity index (χ1n) is 6.03. The Bertz CT molecular complexity index is 817. The molecular formula is C15H9BrCl2N2O. The number of rotatable bonds is 2. The Kier molecular flexibility index (Phi) is 3.93. The van der Waals surface area contributed by atoms with Crippen LogP contribution in [0.2, 0.25) is 10.0 Å². The fraction of sp³-hybridized carbons (Fsp3) is 0. The second-order valence-corrected chi connectivity index (χ2v) is 6.05. The Hall–Kier alpha value is -1.49. The van der Waals surface area contributed by atoms with Crippen molar-refractivity contribution in [3.63, 3.8) is 0 Å². The van der Waals surface area contributed by atoms with Crippen molar-refractivity contribution in [3.05, 3.63) is 57.0 Å². The number of hydrogen-bond acceptors (Lipinski definition) is 3. The van der Waals surface area contributed by atoms with Crippen molar-refractivity contribution in [2.24, 2.45) is 0 Å². The Morgan fingerprint density at radius 1 is 1.05 bits per heavy atom. The molecule has 2 N–H and O–H groups in total. The van der Waals surface area contributed by atoms with Crippen molar-refractivity contribution in [3.8, 4) is 22.5 Å². The lowest BCUT2D eigenvalue weighted by molar-refractivity contribution is 0.436. The minimum atomic E-state index is 0.322. The van der Waals surface area contributed by atoms with Crippen molar-refractivity contribution in [1.82, 2.24) is 5.16 Å². The molecule has 106 valence electrons. The van der Waals surface area contributed by atoms with Crippen molar-refractivity contribution in [1.29, 1.82) is 0 Å². The van der Waals surface area contributed by atoms with Gasteiger partial charge in [0.05, 0.1) is 15.6 Å². The summed E-state index contributed by atoms with van der Waals surface area (Å²) in [5.74, 6) is 0.876. The van der Waals surface area contributed by atoms with Gasteiger partial charge in [-0.15, -0.1) is 0 Å². The molecule has 0 fully saturated rings. The predicted molar refractivity (Wildman–Crippen MR) is 89.5 cm³/mol. The molecule has 0 bridgehead atoms. The van der Waals surface area contributed by atoms with Gasteiger partial charge in [-0.1, -0.05) is 62.5 Å². The summed E-state index contributed by atoms with van der Waals surface area (Å²) in [4.78, 5) is 0. The molecule has 1 aromatic heterocycles. The Morgan fingerprint density at radius 2 is 1.81 bits per heavy atom. The topological polar surface area (TPSA) is 52.0 Å². The van der Waals surface area contributed by atoms with Gasteiger partial charge in [0.15, 0.2) is 11.6 Å². The first kappa shape index (κ1) is 14.4. The van der Waals surface area contributed by atoms with Crippen LogP contribution in [0.3, 0.4) is 0 Å². The third-order valence-electron chi connectivity index (χ3n) is 3.04. The van der Waals surface area contributed by atoms with E-state index in [9.17, 15) is 0 Å². The maximum Gasteiger partial charge on any atom is 0.177 e. The molecule has 21 heavy (non-hydrogen) atoms. The molecule has 0 saturated heterocycles.